The number of ether oxygens (including phenoxy) is 2. The number of anilines is 1. The van der Waals surface area contributed by atoms with Gasteiger partial charge in [0.2, 0.25) is 0 Å². The standard InChI is InChI=1S/C26H24N2O4/c1-14-7-9-17-18(27-14)10-11-20-25(17)24(26-19(28-20)5-4-6-21(26)30)16-8-12-22(32-15(2)29)23(13-16)31-3/h7-13,24,28H,4-6H2,1-3H3/t24-/m1/s1. The first-order valence-corrected chi connectivity index (χ1v) is 10.8. The van der Waals surface area contributed by atoms with Crippen molar-refractivity contribution in [2.45, 2.75) is 39.0 Å². The summed E-state index contributed by atoms with van der Waals surface area (Å²) >= 11 is 0. The molecule has 2 aliphatic rings. The molecule has 0 radical (unpaired) electrons. The maximum absolute atomic E-state index is 13.2. The average molecular weight is 428 g/mol. The molecule has 2 heterocycles. The quantitative estimate of drug-likeness (QED) is 0.465. The molecule has 1 aliphatic heterocycles. The minimum Gasteiger partial charge on any atom is -0.493 e. The number of nitrogens with one attached hydrogen (secondary N) is 1. The molecule has 1 aliphatic carbocycles. The van der Waals surface area contributed by atoms with E-state index in [2.05, 4.69) is 11.4 Å². The number of benzene rings is 2. The van der Waals surface area contributed by atoms with Crippen LogP contribution in [-0.4, -0.2) is 23.8 Å². The van der Waals surface area contributed by atoms with E-state index in [1.165, 1.54) is 6.92 Å². The molecule has 0 fully saturated rings. The molecule has 6 nitrogen and oxygen atoms in total. The number of fused-ring (bicyclic) bond motifs is 3. The molecule has 6 heteroatoms. The van der Waals surface area contributed by atoms with Crippen LogP contribution >= 0.6 is 0 Å². The minimum absolute atomic E-state index is 0.162. The molecule has 0 unspecified atom stereocenters. The van der Waals surface area contributed by atoms with E-state index in [0.717, 1.165) is 57.5 Å². The van der Waals surface area contributed by atoms with Gasteiger partial charge < -0.3 is 14.8 Å². The van der Waals surface area contributed by atoms with E-state index in [9.17, 15) is 9.59 Å². The van der Waals surface area contributed by atoms with Crippen LogP contribution < -0.4 is 14.8 Å². The summed E-state index contributed by atoms with van der Waals surface area (Å²) in [5, 5.41) is 4.54. The van der Waals surface area contributed by atoms with Gasteiger partial charge in [-0.15, -0.1) is 0 Å². The van der Waals surface area contributed by atoms with Gasteiger partial charge in [-0.05, 0) is 61.2 Å². The number of carbonyl (C=O) groups is 2. The molecule has 0 saturated heterocycles. The predicted molar refractivity (Wildman–Crippen MR) is 122 cm³/mol. The summed E-state index contributed by atoms with van der Waals surface area (Å²) in [7, 11) is 1.54. The number of ketones is 1. The van der Waals surface area contributed by atoms with E-state index in [1.54, 1.807) is 13.2 Å². The van der Waals surface area contributed by atoms with Crippen molar-refractivity contribution >= 4 is 28.3 Å². The maximum atomic E-state index is 13.2. The van der Waals surface area contributed by atoms with Crippen LogP contribution in [0.1, 0.15) is 48.9 Å². The molecule has 1 aromatic heterocycles. The van der Waals surface area contributed by atoms with Crippen molar-refractivity contribution in [1.82, 2.24) is 4.98 Å². The number of aryl methyl sites for hydroxylation is 1. The third kappa shape index (κ3) is 3.32. The van der Waals surface area contributed by atoms with E-state index in [0.29, 0.717) is 17.9 Å². The Kier molecular flexibility index (Phi) is 4.93. The van der Waals surface area contributed by atoms with Crippen molar-refractivity contribution < 1.29 is 19.1 Å². The minimum atomic E-state index is -0.414. The lowest BCUT2D eigenvalue weighted by atomic mass is 9.74. The van der Waals surface area contributed by atoms with Gasteiger partial charge in [-0.2, -0.15) is 0 Å². The number of pyridine rings is 1. The van der Waals surface area contributed by atoms with Gasteiger partial charge in [0.05, 0.1) is 12.6 Å². The monoisotopic (exact) mass is 428 g/mol. The number of nitrogens with zero attached hydrogens (tertiary/aromatic N) is 1. The lowest BCUT2D eigenvalue weighted by molar-refractivity contribution is -0.132. The largest absolute Gasteiger partial charge is 0.493 e. The number of carbonyl (C=O) groups excluding carboxylic acids is 2. The van der Waals surface area contributed by atoms with Crippen LogP contribution in [0, 0.1) is 6.92 Å². The Morgan fingerprint density at radius 3 is 2.72 bits per heavy atom. The van der Waals surface area contributed by atoms with Gasteiger partial charge in [-0.3, -0.25) is 14.6 Å². The number of methoxy groups -OCH3 is 1. The summed E-state index contributed by atoms with van der Waals surface area (Å²) in [6.07, 6.45) is 2.22. The molecule has 0 spiro atoms. The summed E-state index contributed by atoms with van der Waals surface area (Å²) in [5.41, 5.74) is 6.57. The number of hydrogen-bond acceptors (Lipinski definition) is 6. The Morgan fingerprint density at radius 2 is 1.94 bits per heavy atom. The van der Waals surface area contributed by atoms with E-state index in [4.69, 9.17) is 14.5 Å². The second kappa shape index (κ2) is 7.79. The number of allylic oxidation sites excluding steroid dienone is 2. The van der Waals surface area contributed by atoms with E-state index >= 15 is 0 Å². The predicted octanol–water partition coefficient (Wildman–Crippen LogP) is 5.04. The molecular weight excluding hydrogens is 404 g/mol. The lowest BCUT2D eigenvalue weighted by Crippen LogP contribution is -2.27. The number of esters is 1. The van der Waals surface area contributed by atoms with Crippen molar-refractivity contribution in [3.05, 3.63) is 70.6 Å². The van der Waals surface area contributed by atoms with Gasteiger partial charge in [-0.25, -0.2) is 0 Å². The van der Waals surface area contributed by atoms with E-state index in [1.807, 2.05) is 37.3 Å². The summed E-state index contributed by atoms with van der Waals surface area (Å²) in [6, 6.07) is 13.7. The molecule has 0 saturated carbocycles. The molecule has 3 aromatic rings. The number of aromatic nitrogens is 1. The second-order valence-corrected chi connectivity index (χ2v) is 8.28. The van der Waals surface area contributed by atoms with Gasteiger partial charge in [-0.1, -0.05) is 12.1 Å². The first-order chi connectivity index (χ1) is 15.5. The summed E-state index contributed by atoms with van der Waals surface area (Å²) in [4.78, 5) is 29.4. The smallest absolute Gasteiger partial charge is 0.308 e. The highest BCUT2D eigenvalue weighted by molar-refractivity contribution is 6.03. The van der Waals surface area contributed by atoms with Crippen LogP contribution in [0.2, 0.25) is 0 Å². The first-order valence-electron chi connectivity index (χ1n) is 10.8. The SMILES string of the molecule is COc1cc([C@H]2C3=C(CCCC3=O)Nc3ccc4nc(C)ccc4c32)ccc1OC(C)=O. The summed E-state index contributed by atoms with van der Waals surface area (Å²) < 4.78 is 10.8. The zero-order chi connectivity index (χ0) is 22.4. The highest BCUT2D eigenvalue weighted by atomic mass is 16.6. The molecule has 5 rings (SSSR count). The fraction of sp³-hybridized carbons (Fsp3) is 0.269. The fourth-order valence-corrected chi connectivity index (χ4v) is 4.82. The third-order valence-electron chi connectivity index (χ3n) is 6.15. The van der Waals surface area contributed by atoms with E-state index < -0.39 is 5.97 Å². The topological polar surface area (TPSA) is 77.5 Å². The molecule has 162 valence electrons. The summed E-state index contributed by atoms with van der Waals surface area (Å²) in [5.74, 6) is 0.301. The number of hydrogen-bond donors (Lipinski definition) is 1. The average Bonchev–Trinajstić information content (AvgIpc) is 2.77. The van der Waals surface area contributed by atoms with E-state index in [-0.39, 0.29) is 11.7 Å². The van der Waals surface area contributed by atoms with Crippen LogP contribution in [-0.2, 0) is 9.59 Å². The van der Waals surface area contributed by atoms with Crippen LogP contribution in [0.5, 0.6) is 11.5 Å². The van der Waals surface area contributed by atoms with Crippen LogP contribution in [0.4, 0.5) is 5.69 Å². The van der Waals surface area contributed by atoms with Gasteiger partial charge in [0.25, 0.3) is 0 Å². The first kappa shape index (κ1) is 20.2. The molecule has 0 bridgehead atoms. The molecule has 32 heavy (non-hydrogen) atoms. The van der Waals surface area contributed by atoms with Gasteiger partial charge in [0, 0.05) is 47.3 Å². The Morgan fingerprint density at radius 1 is 1.09 bits per heavy atom. The summed E-state index contributed by atoms with van der Waals surface area (Å²) in [6.45, 7) is 3.33. The Hall–Kier alpha value is -3.67. The highest BCUT2D eigenvalue weighted by Gasteiger charge is 2.36. The maximum Gasteiger partial charge on any atom is 0.308 e. The number of rotatable bonds is 3. The molecule has 1 N–H and O–H groups in total. The van der Waals surface area contributed by atoms with Gasteiger partial charge in [0.1, 0.15) is 0 Å². The van der Waals surface area contributed by atoms with Crippen molar-refractivity contribution in [3.8, 4) is 11.5 Å². The van der Waals surface area contributed by atoms with Crippen molar-refractivity contribution in [2.75, 3.05) is 12.4 Å². The third-order valence-corrected chi connectivity index (χ3v) is 6.15. The second-order valence-electron chi connectivity index (χ2n) is 8.28. The zero-order valence-electron chi connectivity index (χ0n) is 18.3. The normalized spacial score (nSPS) is 17.5. The zero-order valence-corrected chi connectivity index (χ0v) is 18.3. The molecule has 0 amide bonds. The van der Waals surface area contributed by atoms with Crippen LogP contribution in [0.15, 0.2) is 53.7 Å². The molecule has 1 atom stereocenters. The Labute approximate surface area is 186 Å². The van der Waals surface area contributed by atoms with Crippen molar-refractivity contribution in [1.29, 1.82) is 0 Å². The van der Waals surface area contributed by atoms with Gasteiger partial charge in [0.15, 0.2) is 17.3 Å². The fourth-order valence-electron chi connectivity index (χ4n) is 4.82. The molecule has 2 aromatic carbocycles. The van der Waals surface area contributed by atoms with Crippen molar-refractivity contribution in [3.63, 3.8) is 0 Å². The lowest BCUT2D eigenvalue weighted by Gasteiger charge is -2.35. The van der Waals surface area contributed by atoms with Crippen molar-refractivity contribution in [2.24, 2.45) is 0 Å². The Balaban J connectivity index is 1.76. The highest BCUT2D eigenvalue weighted by Crippen LogP contribution is 2.48. The van der Waals surface area contributed by atoms with Crippen LogP contribution in [0.3, 0.4) is 0 Å². The number of Topliss-reactive ketones (excluding diaryl/α,β-unsaturated/α-hetero) is 1. The van der Waals surface area contributed by atoms with Gasteiger partial charge >= 0.3 is 5.97 Å². The molecular formula is C26H24N2O4. The Bertz CT molecular complexity index is 1310. The van der Waals surface area contributed by atoms with Crippen LogP contribution in [0.25, 0.3) is 10.9 Å².